The van der Waals surface area contributed by atoms with Crippen LogP contribution in [-0.2, 0) is 4.79 Å². The highest BCUT2D eigenvalue weighted by atomic mass is 79.9. The molecule has 1 atom stereocenters. The monoisotopic (exact) mass is 295 g/mol. The molecule has 2 aliphatic heterocycles. The smallest absolute Gasteiger partial charge is 0.275 e. The number of aromatic nitrogens is 1. The topological polar surface area (TPSA) is 62.3 Å². The van der Waals surface area contributed by atoms with Crippen LogP contribution in [0.4, 0.5) is 5.69 Å². The molecule has 0 aliphatic carbocycles. The lowest BCUT2D eigenvalue weighted by Crippen LogP contribution is -2.40. The minimum absolute atomic E-state index is 0.112. The molecule has 0 radical (unpaired) electrons. The average molecular weight is 296 g/mol. The highest BCUT2D eigenvalue weighted by Crippen LogP contribution is 2.28. The molecule has 1 saturated heterocycles. The zero-order valence-corrected chi connectivity index (χ0v) is 10.5. The summed E-state index contributed by atoms with van der Waals surface area (Å²) in [6.45, 7) is 0.630. The number of carbonyl (C=O) groups excluding carboxylic acids is 2. The van der Waals surface area contributed by atoms with Crippen LogP contribution in [0.1, 0.15) is 23.3 Å². The second-order valence-corrected chi connectivity index (χ2v) is 4.99. The molecule has 0 aromatic carbocycles. The van der Waals surface area contributed by atoms with Crippen LogP contribution < -0.4 is 5.32 Å². The van der Waals surface area contributed by atoms with Gasteiger partial charge in [0.1, 0.15) is 10.6 Å². The van der Waals surface area contributed by atoms with Crippen LogP contribution in [0.2, 0.25) is 0 Å². The van der Waals surface area contributed by atoms with Crippen molar-refractivity contribution >= 4 is 33.4 Å². The molecule has 3 rings (SSSR count). The number of amides is 2. The molecule has 1 aromatic rings. The lowest BCUT2D eigenvalue weighted by Gasteiger charge is -2.19. The van der Waals surface area contributed by atoms with E-state index in [1.54, 1.807) is 17.0 Å². The molecular formula is C11H10BrN3O2. The van der Waals surface area contributed by atoms with Crippen molar-refractivity contribution in [3.05, 3.63) is 22.4 Å². The van der Waals surface area contributed by atoms with Crippen LogP contribution in [0.15, 0.2) is 16.7 Å². The Hall–Kier alpha value is -1.43. The molecular weight excluding hydrogens is 286 g/mol. The quantitative estimate of drug-likeness (QED) is 0.736. The number of pyridine rings is 1. The summed E-state index contributed by atoms with van der Waals surface area (Å²) < 4.78 is 0.594. The third-order valence-electron chi connectivity index (χ3n) is 3.14. The maximum Gasteiger partial charge on any atom is 0.275 e. The van der Waals surface area contributed by atoms with Gasteiger partial charge < -0.3 is 10.2 Å². The molecule has 2 amide bonds. The molecule has 3 heterocycles. The predicted octanol–water partition coefficient (Wildman–Crippen LogP) is 1.40. The van der Waals surface area contributed by atoms with E-state index in [4.69, 9.17) is 0 Å². The van der Waals surface area contributed by atoms with Gasteiger partial charge in [-0.2, -0.15) is 0 Å². The molecule has 0 unspecified atom stereocenters. The third-order valence-corrected chi connectivity index (χ3v) is 3.58. The van der Waals surface area contributed by atoms with Gasteiger partial charge in [-0.1, -0.05) is 0 Å². The van der Waals surface area contributed by atoms with E-state index in [9.17, 15) is 9.59 Å². The fourth-order valence-corrected chi connectivity index (χ4v) is 2.64. The molecule has 88 valence electrons. The lowest BCUT2D eigenvalue weighted by atomic mass is 10.2. The van der Waals surface area contributed by atoms with Crippen LogP contribution in [0.5, 0.6) is 0 Å². The molecule has 6 heteroatoms. The highest BCUT2D eigenvalue weighted by Gasteiger charge is 2.39. The van der Waals surface area contributed by atoms with E-state index in [0.717, 1.165) is 12.8 Å². The molecule has 1 aromatic heterocycles. The zero-order valence-electron chi connectivity index (χ0n) is 8.94. The van der Waals surface area contributed by atoms with Crippen molar-refractivity contribution in [2.45, 2.75) is 18.9 Å². The van der Waals surface area contributed by atoms with Gasteiger partial charge in [-0.3, -0.25) is 9.59 Å². The fourth-order valence-electron chi connectivity index (χ4n) is 2.33. The molecule has 1 N–H and O–H groups in total. The van der Waals surface area contributed by atoms with E-state index in [1.165, 1.54) is 0 Å². The van der Waals surface area contributed by atoms with Gasteiger partial charge in [0.05, 0.1) is 5.69 Å². The third kappa shape index (κ3) is 1.63. The minimum Gasteiger partial charge on any atom is -0.325 e. The van der Waals surface area contributed by atoms with E-state index < -0.39 is 0 Å². The van der Waals surface area contributed by atoms with Crippen LogP contribution in [0.25, 0.3) is 0 Å². The Morgan fingerprint density at radius 2 is 2.24 bits per heavy atom. The number of anilines is 1. The summed E-state index contributed by atoms with van der Waals surface area (Å²) in [7, 11) is 0. The summed E-state index contributed by atoms with van der Waals surface area (Å²) in [5.41, 5.74) is 0.815. The van der Waals surface area contributed by atoms with Gasteiger partial charge in [0.15, 0.2) is 5.69 Å². The summed E-state index contributed by atoms with van der Waals surface area (Å²) in [6, 6.07) is 3.07. The van der Waals surface area contributed by atoms with Crippen molar-refractivity contribution in [2.75, 3.05) is 11.9 Å². The van der Waals surface area contributed by atoms with Gasteiger partial charge in [0.2, 0.25) is 5.91 Å². The van der Waals surface area contributed by atoms with E-state index in [2.05, 4.69) is 26.2 Å². The molecule has 0 bridgehead atoms. The first kappa shape index (κ1) is 10.7. The summed E-state index contributed by atoms with van der Waals surface area (Å²) in [5, 5.41) is 2.77. The number of halogens is 1. The number of fused-ring (bicyclic) bond motifs is 2. The summed E-state index contributed by atoms with van der Waals surface area (Å²) in [4.78, 5) is 30.0. The number of hydrogen-bond acceptors (Lipinski definition) is 3. The Bertz CT molecular complexity index is 517. The van der Waals surface area contributed by atoms with Crippen molar-refractivity contribution in [3.8, 4) is 0 Å². The van der Waals surface area contributed by atoms with Gasteiger partial charge in [-0.05, 0) is 40.9 Å². The summed E-state index contributed by atoms with van der Waals surface area (Å²) >= 11 is 3.24. The molecule has 2 aliphatic rings. The standard InChI is InChI=1S/C11H10BrN3O2/c12-8-4-3-6-9(14-8)11(17)15-5-1-2-7(15)10(16)13-6/h3-4,7H,1-2,5H2,(H,13,16)/t7-/m0/s1. The number of rotatable bonds is 0. The van der Waals surface area contributed by atoms with E-state index in [1.807, 2.05) is 0 Å². The van der Waals surface area contributed by atoms with Crippen molar-refractivity contribution < 1.29 is 9.59 Å². The Balaban J connectivity index is 2.12. The first-order chi connectivity index (χ1) is 8.16. The maximum absolute atomic E-state index is 12.3. The van der Waals surface area contributed by atoms with Crippen molar-refractivity contribution in [1.29, 1.82) is 0 Å². The van der Waals surface area contributed by atoms with Crippen molar-refractivity contribution in [1.82, 2.24) is 9.88 Å². The van der Waals surface area contributed by atoms with Crippen molar-refractivity contribution in [3.63, 3.8) is 0 Å². The maximum atomic E-state index is 12.3. The first-order valence-electron chi connectivity index (χ1n) is 5.45. The second-order valence-electron chi connectivity index (χ2n) is 4.18. The average Bonchev–Trinajstić information content (AvgIpc) is 2.76. The Labute approximate surface area is 106 Å². The summed E-state index contributed by atoms with van der Waals surface area (Å²) in [6.07, 6.45) is 1.60. The van der Waals surface area contributed by atoms with Gasteiger partial charge in [-0.25, -0.2) is 4.98 Å². The Morgan fingerprint density at radius 1 is 1.41 bits per heavy atom. The van der Waals surface area contributed by atoms with Crippen LogP contribution in [0, 0.1) is 0 Å². The molecule has 1 fully saturated rings. The zero-order chi connectivity index (χ0) is 12.0. The van der Waals surface area contributed by atoms with E-state index in [-0.39, 0.29) is 17.9 Å². The lowest BCUT2D eigenvalue weighted by molar-refractivity contribution is -0.119. The Kier molecular flexibility index (Phi) is 2.39. The van der Waals surface area contributed by atoms with Crippen molar-refractivity contribution in [2.24, 2.45) is 0 Å². The second kappa shape index (κ2) is 3.80. The number of hydrogen-bond donors (Lipinski definition) is 1. The minimum atomic E-state index is -0.338. The SMILES string of the molecule is O=C1Nc2ccc(Br)nc2C(=O)N2CCC[C@@H]12. The first-order valence-corrected chi connectivity index (χ1v) is 6.24. The van der Waals surface area contributed by atoms with Gasteiger partial charge in [-0.15, -0.1) is 0 Å². The summed E-state index contributed by atoms with van der Waals surface area (Å²) in [5.74, 6) is -0.277. The highest BCUT2D eigenvalue weighted by molar-refractivity contribution is 9.10. The van der Waals surface area contributed by atoms with E-state index >= 15 is 0 Å². The number of nitrogens with zero attached hydrogens (tertiary/aromatic N) is 2. The largest absolute Gasteiger partial charge is 0.325 e. The number of carbonyl (C=O) groups is 2. The van der Waals surface area contributed by atoms with Gasteiger partial charge in [0, 0.05) is 6.54 Å². The van der Waals surface area contributed by atoms with E-state index in [0.29, 0.717) is 22.5 Å². The molecule has 0 spiro atoms. The predicted molar refractivity (Wildman–Crippen MR) is 64.6 cm³/mol. The van der Waals surface area contributed by atoms with Gasteiger partial charge in [0.25, 0.3) is 5.91 Å². The fraction of sp³-hybridized carbons (Fsp3) is 0.364. The molecule has 0 saturated carbocycles. The molecule has 5 nitrogen and oxygen atoms in total. The van der Waals surface area contributed by atoms with Gasteiger partial charge >= 0.3 is 0 Å². The Morgan fingerprint density at radius 3 is 3.06 bits per heavy atom. The normalized spacial score (nSPS) is 22.9. The van der Waals surface area contributed by atoms with Crippen LogP contribution in [0.3, 0.4) is 0 Å². The van der Waals surface area contributed by atoms with Crippen LogP contribution >= 0.6 is 15.9 Å². The van der Waals surface area contributed by atoms with Crippen LogP contribution in [-0.4, -0.2) is 34.3 Å². The molecule has 17 heavy (non-hydrogen) atoms. The number of nitrogens with one attached hydrogen (secondary N) is 1.